The number of phenolic OH excluding ortho intramolecular Hbond substituents is 1. The first-order chi connectivity index (χ1) is 8.18. The van der Waals surface area contributed by atoms with Crippen molar-refractivity contribution in [2.24, 2.45) is 0 Å². The van der Waals surface area contributed by atoms with Crippen LogP contribution >= 0.6 is 23.2 Å². The first-order valence-electron chi connectivity index (χ1n) is 5.38. The van der Waals surface area contributed by atoms with Crippen LogP contribution in [0.4, 0.5) is 0 Å². The van der Waals surface area contributed by atoms with Gasteiger partial charge in [0.15, 0.2) is 0 Å². The van der Waals surface area contributed by atoms with Crippen LogP contribution in [0.5, 0.6) is 5.75 Å². The molecule has 0 atom stereocenters. The van der Waals surface area contributed by atoms with E-state index in [9.17, 15) is 5.11 Å². The third kappa shape index (κ3) is 2.93. The Morgan fingerprint density at radius 3 is 2.29 bits per heavy atom. The summed E-state index contributed by atoms with van der Waals surface area (Å²) in [6, 6.07) is 13.3. The molecule has 2 aromatic rings. The number of phenols is 1. The topological polar surface area (TPSA) is 20.2 Å². The SMILES string of the molecule is Oc1ccc(Cl)c(CCc2ccccc2)c1Cl. The van der Waals surface area contributed by atoms with Crippen LogP contribution in [-0.4, -0.2) is 5.11 Å². The number of hydrogen-bond donors (Lipinski definition) is 1. The van der Waals surface area contributed by atoms with Gasteiger partial charge in [0.2, 0.25) is 0 Å². The first kappa shape index (κ1) is 12.3. The number of aromatic hydroxyl groups is 1. The molecule has 0 amide bonds. The van der Waals surface area contributed by atoms with Gasteiger partial charge >= 0.3 is 0 Å². The molecular weight excluding hydrogens is 255 g/mol. The fraction of sp³-hybridized carbons (Fsp3) is 0.143. The van der Waals surface area contributed by atoms with Crippen LogP contribution in [-0.2, 0) is 12.8 Å². The van der Waals surface area contributed by atoms with Crippen LogP contribution in [0.25, 0.3) is 0 Å². The molecule has 2 rings (SSSR count). The number of rotatable bonds is 3. The van der Waals surface area contributed by atoms with E-state index >= 15 is 0 Å². The molecular formula is C14H12Cl2O. The maximum absolute atomic E-state index is 9.53. The summed E-state index contributed by atoms with van der Waals surface area (Å²) < 4.78 is 0. The van der Waals surface area contributed by atoms with E-state index in [4.69, 9.17) is 23.2 Å². The fourth-order valence-corrected chi connectivity index (χ4v) is 2.29. The van der Waals surface area contributed by atoms with Crippen LogP contribution in [0.3, 0.4) is 0 Å². The smallest absolute Gasteiger partial charge is 0.134 e. The molecule has 1 N–H and O–H groups in total. The second kappa shape index (κ2) is 5.44. The maximum atomic E-state index is 9.53. The lowest BCUT2D eigenvalue weighted by atomic mass is 10.0. The number of benzene rings is 2. The molecule has 1 nitrogen and oxygen atoms in total. The van der Waals surface area contributed by atoms with E-state index in [-0.39, 0.29) is 5.75 Å². The highest BCUT2D eigenvalue weighted by molar-refractivity contribution is 6.36. The lowest BCUT2D eigenvalue weighted by molar-refractivity contribution is 0.475. The molecule has 3 heteroatoms. The van der Waals surface area contributed by atoms with Gasteiger partial charge in [-0.05, 0) is 36.1 Å². The maximum Gasteiger partial charge on any atom is 0.134 e. The van der Waals surface area contributed by atoms with E-state index in [2.05, 4.69) is 12.1 Å². The number of hydrogen-bond acceptors (Lipinski definition) is 1. The standard InChI is InChI=1S/C14H12Cl2O/c15-12-8-9-13(17)14(16)11(12)7-6-10-4-2-1-3-5-10/h1-5,8-9,17H,6-7H2. The fourth-order valence-electron chi connectivity index (χ4n) is 1.73. The predicted octanol–water partition coefficient (Wildman–Crippen LogP) is 4.48. The average molecular weight is 267 g/mol. The lowest BCUT2D eigenvalue weighted by Gasteiger charge is -2.08. The molecule has 0 radical (unpaired) electrons. The highest BCUT2D eigenvalue weighted by atomic mass is 35.5. The molecule has 0 aliphatic rings. The van der Waals surface area contributed by atoms with Gasteiger partial charge in [0, 0.05) is 5.02 Å². The molecule has 2 aromatic carbocycles. The van der Waals surface area contributed by atoms with Gasteiger partial charge in [-0.15, -0.1) is 0 Å². The van der Waals surface area contributed by atoms with Crippen molar-refractivity contribution < 1.29 is 5.11 Å². The summed E-state index contributed by atoms with van der Waals surface area (Å²) in [5.41, 5.74) is 2.03. The Bertz CT molecular complexity index is 509. The zero-order chi connectivity index (χ0) is 12.3. The van der Waals surface area contributed by atoms with E-state index in [1.165, 1.54) is 11.6 Å². The summed E-state index contributed by atoms with van der Waals surface area (Å²) in [5.74, 6) is 0.0825. The summed E-state index contributed by atoms with van der Waals surface area (Å²) in [4.78, 5) is 0. The minimum atomic E-state index is 0.0825. The molecule has 0 aliphatic carbocycles. The summed E-state index contributed by atoms with van der Waals surface area (Å²) >= 11 is 12.1. The van der Waals surface area contributed by atoms with Crippen LogP contribution in [0.2, 0.25) is 10.0 Å². The van der Waals surface area contributed by atoms with Crippen molar-refractivity contribution in [1.82, 2.24) is 0 Å². The third-order valence-electron chi connectivity index (χ3n) is 2.67. The Hall–Kier alpha value is -1.18. The lowest BCUT2D eigenvalue weighted by Crippen LogP contribution is -1.93. The minimum Gasteiger partial charge on any atom is -0.506 e. The molecule has 88 valence electrons. The van der Waals surface area contributed by atoms with Gasteiger partial charge in [-0.1, -0.05) is 53.5 Å². The van der Waals surface area contributed by atoms with Gasteiger partial charge < -0.3 is 5.11 Å². The zero-order valence-electron chi connectivity index (χ0n) is 9.16. The van der Waals surface area contributed by atoms with Crippen LogP contribution < -0.4 is 0 Å². The second-order valence-corrected chi connectivity index (χ2v) is 4.63. The average Bonchev–Trinajstić information content (AvgIpc) is 2.35. The van der Waals surface area contributed by atoms with E-state index in [0.29, 0.717) is 10.0 Å². The van der Waals surface area contributed by atoms with E-state index in [1.807, 2.05) is 18.2 Å². The van der Waals surface area contributed by atoms with Gasteiger partial charge in [0.1, 0.15) is 5.75 Å². The molecule has 0 heterocycles. The minimum absolute atomic E-state index is 0.0825. The van der Waals surface area contributed by atoms with E-state index < -0.39 is 0 Å². The summed E-state index contributed by atoms with van der Waals surface area (Å²) in [6.45, 7) is 0. The van der Waals surface area contributed by atoms with Crippen molar-refractivity contribution in [2.45, 2.75) is 12.8 Å². The molecule has 0 unspecified atom stereocenters. The zero-order valence-corrected chi connectivity index (χ0v) is 10.7. The molecule has 17 heavy (non-hydrogen) atoms. The monoisotopic (exact) mass is 266 g/mol. The Kier molecular flexibility index (Phi) is 3.93. The summed E-state index contributed by atoms with van der Waals surface area (Å²) in [5, 5.41) is 10.5. The summed E-state index contributed by atoms with van der Waals surface area (Å²) in [6.07, 6.45) is 1.57. The highest BCUT2D eigenvalue weighted by Gasteiger charge is 2.09. The Morgan fingerprint density at radius 1 is 0.882 bits per heavy atom. The number of aryl methyl sites for hydroxylation is 1. The van der Waals surface area contributed by atoms with E-state index in [1.54, 1.807) is 6.07 Å². The summed E-state index contributed by atoms with van der Waals surface area (Å²) in [7, 11) is 0. The quantitative estimate of drug-likeness (QED) is 0.869. The van der Waals surface area contributed by atoms with Gasteiger partial charge in [-0.3, -0.25) is 0 Å². The normalized spacial score (nSPS) is 10.5. The number of halogens is 2. The van der Waals surface area contributed by atoms with Crippen molar-refractivity contribution in [2.75, 3.05) is 0 Å². The molecule has 0 spiro atoms. The Morgan fingerprint density at radius 2 is 1.59 bits per heavy atom. The van der Waals surface area contributed by atoms with Crippen LogP contribution in [0.15, 0.2) is 42.5 Å². The first-order valence-corrected chi connectivity index (χ1v) is 6.14. The van der Waals surface area contributed by atoms with Crippen LogP contribution in [0, 0.1) is 0 Å². The van der Waals surface area contributed by atoms with Crippen molar-refractivity contribution in [3.63, 3.8) is 0 Å². The molecule has 0 saturated heterocycles. The second-order valence-electron chi connectivity index (χ2n) is 3.84. The van der Waals surface area contributed by atoms with Gasteiger partial charge in [-0.25, -0.2) is 0 Å². The van der Waals surface area contributed by atoms with Crippen molar-refractivity contribution in [3.8, 4) is 5.75 Å². The molecule has 0 bridgehead atoms. The Balaban J connectivity index is 2.17. The van der Waals surface area contributed by atoms with Gasteiger partial charge in [0.25, 0.3) is 0 Å². The molecule has 0 saturated carbocycles. The van der Waals surface area contributed by atoms with Crippen LogP contribution in [0.1, 0.15) is 11.1 Å². The van der Waals surface area contributed by atoms with Gasteiger partial charge in [0.05, 0.1) is 5.02 Å². The van der Waals surface area contributed by atoms with Gasteiger partial charge in [-0.2, -0.15) is 0 Å². The largest absolute Gasteiger partial charge is 0.506 e. The molecule has 0 aliphatic heterocycles. The highest BCUT2D eigenvalue weighted by Crippen LogP contribution is 2.33. The molecule has 0 fully saturated rings. The van der Waals surface area contributed by atoms with E-state index in [0.717, 1.165) is 18.4 Å². The van der Waals surface area contributed by atoms with Crippen molar-refractivity contribution in [3.05, 3.63) is 63.6 Å². The molecule has 0 aromatic heterocycles. The third-order valence-corrected chi connectivity index (χ3v) is 3.45. The Labute approximate surface area is 111 Å². The van der Waals surface area contributed by atoms with Crippen molar-refractivity contribution >= 4 is 23.2 Å². The van der Waals surface area contributed by atoms with Crippen molar-refractivity contribution in [1.29, 1.82) is 0 Å². The predicted molar refractivity (Wildman–Crippen MR) is 72.0 cm³/mol.